The van der Waals surface area contributed by atoms with E-state index in [1.54, 1.807) is 4.68 Å². The second kappa shape index (κ2) is 5.54. The van der Waals surface area contributed by atoms with E-state index < -0.39 is 0 Å². The standard InChI is InChI=1S/C16H13BrClN3/c1-10-15(11-7-12(17)9-13(18)8-11)20-21(16(10)19)14-5-3-2-4-6-14/h2-9H,19H2,1H3. The number of rotatable bonds is 2. The highest BCUT2D eigenvalue weighted by molar-refractivity contribution is 9.10. The van der Waals surface area contributed by atoms with Crippen molar-refractivity contribution in [3.63, 3.8) is 0 Å². The van der Waals surface area contributed by atoms with Gasteiger partial charge < -0.3 is 5.73 Å². The first-order valence-corrected chi connectivity index (χ1v) is 7.60. The van der Waals surface area contributed by atoms with E-state index in [-0.39, 0.29) is 0 Å². The van der Waals surface area contributed by atoms with Crippen LogP contribution in [0.2, 0.25) is 5.02 Å². The number of nitrogen functional groups attached to an aromatic ring is 1. The van der Waals surface area contributed by atoms with Crippen LogP contribution in [-0.4, -0.2) is 9.78 Å². The summed E-state index contributed by atoms with van der Waals surface area (Å²) in [5.74, 6) is 0.632. The topological polar surface area (TPSA) is 43.8 Å². The van der Waals surface area contributed by atoms with Gasteiger partial charge in [-0.1, -0.05) is 45.7 Å². The minimum Gasteiger partial charge on any atom is -0.383 e. The van der Waals surface area contributed by atoms with Crippen molar-refractivity contribution in [2.24, 2.45) is 0 Å². The Morgan fingerprint density at radius 3 is 2.52 bits per heavy atom. The van der Waals surface area contributed by atoms with Gasteiger partial charge >= 0.3 is 0 Å². The van der Waals surface area contributed by atoms with Crippen LogP contribution in [0.15, 0.2) is 53.0 Å². The van der Waals surface area contributed by atoms with Gasteiger partial charge in [0.15, 0.2) is 0 Å². The fourth-order valence-electron chi connectivity index (χ4n) is 2.24. The molecule has 0 aliphatic carbocycles. The third kappa shape index (κ3) is 2.69. The van der Waals surface area contributed by atoms with E-state index in [2.05, 4.69) is 21.0 Å². The fraction of sp³-hybridized carbons (Fsp3) is 0.0625. The summed E-state index contributed by atoms with van der Waals surface area (Å²) in [7, 11) is 0. The molecule has 0 bridgehead atoms. The number of para-hydroxylation sites is 1. The van der Waals surface area contributed by atoms with Crippen LogP contribution in [0.25, 0.3) is 16.9 Å². The summed E-state index contributed by atoms with van der Waals surface area (Å²) in [6.07, 6.45) is 0. The molecule has 0 saturated heterocycles. The van der Waals surface area contributed by atoms with Gasteiger partial charge in [-0.25, -0.2) is 4.68 Å². The smallest absolute Gasteiger partial charge is 0.130 e. The van der Waals surface area contributed by atoms with E-state index in [0.717, 1.165) is 27.0 Å². The monoisotopic (exact) mass is 361 g/mol. The van der Waals surface area contributed by atoms with E-state index >= 15 is 0 Å². The molecular weight excluding hydrogens is 350 g/mol. The highest BCUT2D eigenvalue weighted by atomic mass is 79.9. The minimum atomic E-state index is 0.632. The molecule has 0 atom stereocenters. The van der Waals surface area contributed by atoms with Crippen LogP contribution in [-0.2, 0) is 0 Å². The van der Waals surface area contributed by atoms with Crippen LogP contribution in [0.1, 0.15) is 5.56 Å². The highest BCUT2D eigenvalue weighted by Gasteiger charge is 2.15. The maximum atomic E-state index is 6.20. The summed E-state index contributed by atoms with van der Waals surface area (Å²) < 4.78 is 2.66. The fourth-order valence-corrected chi connectivity index (χ4v) is 3.10. The molecule has 2 N–H and O–H groups in total. The summed E-state index contributed by atoms with van der Waals surface area (Å²) in [6.45, 7) is 1.96. The predicted octanol–water partition coefficient (Wildman–Crippen LogP) is 4.85. The molecule has 0 aliphatic rings. The Morgan fingerprint density at radius 2 is 1.86 bits per heavy atom. The van der Waals surface area contributed by atoms with E-state index in [1.165, 1.54) is 0 Å². The summed E-state index contributed by atoms with van der Waals surface area (Å²) in [4.78, 5) is 0. The van der Waals surface area contributed by atoms with E-state index in [9.17, 15) is 0 Å². The van der Waals surface area contributed by atoms with Crippen molar-refractivity contribution in [2.75, 3.05) is 5.73 Å². The van der Waals surface area contributed by atoms with Gasteiger partial charge in [-0.3, -0.25) is 0 Å². The second-order valence-corrected chi connectivity index (χ2v) is 6.12. The van der Waals surface area contributed by atoms with Crippen LogP contribution in [0.3, 0.4) is 0 Å². The Balaban J connectivity index is 2.17. The molecule has 1 aromatic heterocycles. The summed E-state index contributed by atoms with van der Waals surface area (Å²) in [6, 6.07) is 15.5. The molecule has 0 fully saturated rings. The molecular formula is C16H13BrClN3. The van der Waals surface area contributed by atoms with Crippen molar-refractivity contribution >= 4 is 33.3 Å². The molecule has 0 aliphatic heterocycles. The quantitative estimate of drug-likeness (QED) is 0.708. The van der Waals surface area contributed by atoms with Gasteiger partial charge in [0.25, 0.3) is 0 Å². The van der Waals surface area contributed by atoms with Crippen LogP contribution in [0, 0.1) is 6.92 Å². The maximum absolute atomic E-state index is 6.20. The molecule has 5 heteroatoms. The summed E-state index contributed by atoms with van der Waals surface area (Å²) >= 11 is 9.57. The summed E-state index contributed by atoms with van der Waals surface area (Å²) in [5.41, 5.74) is 9.85. The van der Waals surface area contributed by atoms with E-state index in [4.69, 9.17) is 17.3 Å². The Hall–Kier alpha value is -1.78. The Labute approximate surface area is 136 Å². The lowest BCUT2D eigenvalue weighted by Gasteiger charge is -2.03. The average molecular weight is 363 g/mol. The first-order valence-electron chi connectivity index (χ1n) is 6.43. The van der Waals surface area contributed by atoms with Crippen molar-refractivity contribution in [3.05, 3.63) is 63.6 Å². The Kier molecular flexibility index (Phi) is 3.74. The number of aromatic nitrogens is 2. The zero-order valence-electron chi connectivity index (χ0n) is 11.3. The molecule has 3 nitrogen and oxygen atoms in total. The van der Waals surface area contributed by atoms with Crippen LogP contribution < -0.4 is 5.73 Å². The third-order valence-electron chi connectivity index (χ3n) is 3.30. The van der Waals surface area contributed by atoms with Gasteiger partial charge in [0.2, 0.25) is 0 Å². The van der Waals surface area contributed by atoms with Gasteiger partial charge in [-0.2, -0.15) is 5.10 Å². The zero-order valence-corrected chi connectivity index (χ0v) is 13.7. The molecule has 3 aromatic rings. The largest absolute Gasteiger partial charge is 0.383 e. The molecule has 0 saturated carbocycles. The zero-order chi connectivity index (χ0) is 15.0. The van der Waals surface area contributed by atoms with Crippen molar-refractivity contribution in [3.8, 4) is 16.9 Å². The van der Waals surface area contributed by atoms with Gasteiger partial charge in [0, 0.05) is 20.6 Å². The van der Waals surface area contributed by atoms with Crippen LogP contribution in [0.5, 0.6) is 0 Å². The number of halogens is 2. The Bertz CT molecular complexity index is 777. The highest BCUT2D eigenvalue weighted by Crippen LogP contribution is 2.32. The SMILES string of the molecule is Cc1c(-c2cc(Cl)cc(Br)c2)nn(-c2ccccc2)c1N. The van der Waals surface area contributed by atoms with E-state index in [1.807, 2.05) is 55.5 Å². The molecule has 106 valence electrons. The first-order chi connectivity index (χ1) is 10.1. The van der Waals surface area contributed by atoms with Crippen molar-refractivity contribution in [2.45, 2.75) is 6.92 Å². The number of anilines is 1. The lowest BCUT2D eigenvalue weighted by Crippen LogP contribution is -2.01. The minimum absolute atomic E-state index is 0.632. The van der Waals surface area contributed by atoms with Crippen LogP contribution in [0.4, 0.5) is 5.82 Å². The number of hydrogen-bond donors (Lipinski definition) is 1. The van der Waals surface area contributed by atoms with Crippen LogP contribution >= 0.6 is 27.5 Å². The number of nitrogens with two attached hydrogens (primary N) is 1. The number of benzene rings is 2. The van der Waals surface area contributed by atoms with E-state index in [0.29, 0.717) is 10.8 Å². The van der Waals surface area contributed by atoms with Gasteiger partial charge in [-0.15, -0.1) is 0 Å². The lowest BCUT2D eigenvalue weighted by molar-refractivity contribution is 0.895. The van der Waals surface area contributed by atoms with Crippen molar-refractivity contribution in [1.29, 1.82) is 0 Å². The normalized spacial score (nSPS) is 10.8. The average Bonchev–Trinajstić information content (AvgIpc) is 2.75. The second-order valence-electron chi connectivity index (χ2n) is 4.76. The molecule has 2 aromatic carbocycles. The van der Waals surface area contributed by atoms with Gasteiger partial charge in [-0.05, 0) is 37.3 Å². The Morgan fingerprint density at radius 1 is 1.14 bits per heavy atom. The van der Waals surface area contributed by atoms with Gasteiger partial charge in [0.1, 0.15) is 5.82 Å². The van der Waals surface area contributed by atoms with Gasteiger partial charge in [0.05, 0.1) is 11.4 Å². The molecule has 0 radical (unpaired) electrons. The lowest BCUT2D eigenvalue weighted by atomic mass is 10.1. The molecule has 1 heterocycles. The molecule has 0 spiro atoms. The molecule has 0 unspecified atom stereocenters. The first kappa shape index (κ1) is 14.2. The molecule has 0 amide bonds. The number of nitrogens with zero attached hydrogens (tertiary/aromatic N) is 2. The number of hydrogen-bond acceptors (Lipinski definition) is 2. The van der Waals surface area contributed by atoms with Crippen molar-refractivity contribution < 1.29 is 0 Å². The molecule has 3 rings (SSSR count). The van der Waals surface area contributed by atoms with Crippen molar-refractivity contribution in [1.82, 2.24) is 9.78 Å². The third-order valence-corrected chi connectivity index (χ3v) is 3.98. The maximum Gasteiger partial charge on any atom is 0.130 e. The predicted molar refractivity (Wildman–Crippen MR) is 90.9 cm³/mol. The molecule has 21 heavy (non-hydrogen) atoms. The summed E-state index contributed by atoms with van der Waals surface area (Å²) in [5, 5.41) is 5.30.